The summed E-state index contributed by atoms with van der Waals surface area (Å²) in [6.45, 7) is 4.82. The van der Waals surface area contributed by atoms with Gasteiger partial charge >= 0.3 is 0 Å². The van der Waals surface area contributed by atoms with Gasteiger partial charge < -0.3 is 10.1 Å². The number of imide groups is 1. The fourth-order valence-corrected chi connectivity index (χ4v) is 3.83. The SMILES string of the molecule is CCN(CC)C1=C(Sc2cccc[n+]2[O-])C(=O)N(c2ccc(F)cc2)C1=O. The van der Waals surface area contributed by atoms with Crippen molar-refractivity contribution >= 4 is 29.3 Å². The van der Waals surface area contributed by atoms with Gasteiger partial charge in [0.1, 0.15) is 16.4 Å². The van der Waals surface area contributed by atoms with E-state index in [2.05, 4.69) is 0 Å². The second-order valence-corrected chi connectivity index (χ2v) is 6.77. The Bertz CT molecular complexity index is 911. The molecule has 2 heterocycles. The number of rotatable bonds is 6. The van der Waals surface area contributed by atoms with Crippen LogP contribution in [0.4, 0.5) is 10.1 Å². The molecule has 0 bridgehead atoms. The van der Waals surface area contributed by atoms with Gasteiger partial charge in [-0.1, -0.05) is 0 Å². The molecule has 1 aromatic carbocycles. The summed E-state index contributed by atoms with van der Waals surface area (Å²) in [4.78, 5) is 29.1. The molecule has 140 valence electrons. The van der Waals surface area contributed by atoms with Gasteiger partial charge in [-0.05, 0) is 55.9 Å². The first-order chi connectivity index (χ1) is 13.0. The number of amides is 2. The van der Waals surface area contributed by atoms with Crippen LogP contribution in [0.25, 0.3) is 0 Å². The lowest BCUT2D eigenvalue weighted by Crippen LogP contribution is -2.35. The molecule has 0 unspecified atom stereocenters. The molecular weight excluding hydrogens is 369 g/mol. The highest BCUT2D eigenvalue weighted by Gasteiger charge is 2.42. The van der Waals surface area contributed by atoms with Crippen LogP contribution in [-0.4, -0.2) is 29.8 Å². The molecule has 3 rings (SSSR count). The van der Waals surface area contributed by atoms with Crippen molar-refractivity contribution in [2.75, 3.05) is 18.0 Å². The van der Waals surface area contributed by atoms with Gasteiger partial charge in [0, 0.05) is 25.2 Å². The summed E-state index contributed by atoms with van der Waals surface area (Å²) in [5.74, 6) is -1.46. The molecule has 2 aromatic rings. The predicted octanol–water partition coefficient (Wildman–Crippen LogP) is 2.68. The van der Waals surface area contributed by atoms with Gasteiger partial charge in [0.25, 0.3) is 16.8 Å². The highest BCUT2D eigenvalue weighted by atomic mass is 32.2. The molecule has 2 amide bonds. The Hall–Kier alpha value is -2.87. The number of aromatic nitrogens is 1. The van der Waals surface area contributed by atoms with E-state index < -0.39 is 17.6 Å². The number of likely N-dealkylation sites (N-methyl/N-ethyl adjacent to an activating group) is 1. The summed E-state index contributed by atoms with van der Waals surface area (Å²) >= 11 is 0.961. The van der Waals surface area contributed by atoms with Crippen molar-refractivity contribution < 1.29 is 18.7 Å². The predicted molar refractivity (Wildman–Crippen MR) is 100 cm³/mol. The van der Waals surface area contributed by atoms with Crippen molar-refractivity contribution in [3.63, 3.8) is 0 Å². The quantitative estimate of drug-likeness (QED) is 0.433. The first kappa shape index (κ1) is 18.9. The van der Waals surface area contributed by atoms with Crippen molar-refractivity contribution in [3.05, 3.63) is 70.3 Å². The Balaban J connectivity index is 2.06. The van der Waals surface area contributed by atoms with Gasteiger partial charge in [0.2, 0.25) is 0 Å². The number of carbonyl (C=O) groups excluding carboxylic acids is 2. The van der Waals surface area contributed by atoms with E-state index in [9.17, 15) is 19.2 Å². The summed E-state index contributed by atoms with van der Waals surface area (Å²) in [7, 11) is 0. The lowest BCUT2D eigenvalue weighted by Gasteiger charge is -2.22. The molecule has 0 N–H and O–H groups in total. The van der Waals surface area contributed by atoms with E-state index in [1.807, 2.05) is 13.8 Å². The Labute approximate surface area is 160 Å². The molecule has 0 atom stereocenters. The topological polar surface area (TPSA) is 67.6 Å². The molecule has 27 heavy (non-hydrogen) atoms. The average molecular weight is 387 g/mol. The molecule has 0 spiro atoms. The zero-order valence-corrected chi connectivity index (χ0v) is 15.7. The summed E-state index contributed by atoms with van der Waals surface area (Å²) in [5, 5.41) is 12.3. The second kappa shape index (κ2) is 7.79. The lowest BCUT2D eigenvalue weighted by atomic mass is 10.3. The van der Waals surface area contributed by atoms with E-state index >= 15 is 0 Å². The highest BCUT2D eigenvalue weighted by molar-refractivity contribution is 8.04. The molecule has 6 nitrogen and oxygen atoms in total. The Morgan fingerprint density at radius 2 is 1.74 bits per heavy atom. The third kappa shape index (κ3) is 3.52. The smallest absolute Gasteiger partial charge is 0.283 e. The normalized spacial score (nSPS) is 14.3. The molecular formula is C19H18FN3O3S. The standard InChI is InChI=1S/C19H18FN3O3S/c1-3-21(4-2)16-17(27-15-7-5-6-12-22(15)26)19(25)23(18(16)24)14-10-8-13(20)9-11-14/h5-12H,3-4H2,1-2H3. The molecule has 0 saturated heterocycles. The van der Waals surface area contributed by atoms with Gasteiger partial charge in [0.05, 0.1) is 5.69 Å². The van der Waals surface area contributed by atoms with E-state index in [4.69, 9.17) is 0 Å². The van der Waals surface area contributed by atoms with E-state index in [1.165, 1.54) is 30.5 Å². The number of pyridine rings is 1. The maximum atomic E-state index is 13.2. The minimum absolute atomic E-state index is 0.184. The monoisotopic (exact) mass is 387 g/mol. The lowest BCUT2D eigenvalue weighted by molar-refractivity contribution is -0.645. The molecule has 0 radical (unpaired) electrons. The van der Waals surface area contributed by atoms with Gasteiger partial charge in [0.15, 0.2) is 6.20 Å². The molecule has 1 aliphatic rings. The second-order valence-electron chi connectivity index (χ2n) is 5.74. The fourth-order valence-electron chi connectivity index (χ4n) is 2.83. The Morgan fingerprint density at radius 1 is 1.07 bits per heavy atom. The number of nitrogens with zero attached hydrogens (tertiary/aromatic N) is 3. The summed E-state index contributed by atoms with van der Waals surface area (Å²) in [6, 6.07) is 10.0. The largest absolute Gasteiger partial charge is 0.618 e. The van der Waals surface area contributed by atoms with Crippen LogP contribution in [-0.2, 0) is 9.59 Å². The van der Waals surface area contributed by atoms with Gasteiger partial charge in [-0.25, -0.2) is 9.29 Å². The van der Waals surface area contributed by atoms with E-state index in [0.717, 1.165) is 16.7 Å². The van der Waals surface area contributed by atoms with Crippen molar-refractivity contribution in [2.24, 2.45) is 0 Å². The average Bonchev–Trinajstić information content (AvgIpc) is 2.90. The Morgan fingerprint density at radius 3 is 2.33 bits per heavy atom. The first-order valence-electron chi connectivity index (χ1n) is 8.47. The van der Waals surface area contributed by atoms with Gasteiger partial charge in [-0.2, -0.15) is 4.73 Å². The molecule has 8 heteroatoms. The van der Waals surface area contributed by atoms with E-state index in [1.54, 1.807) is 23.1 Å². The maximum Gasteiger partial charge on any atom is 0.283 e. The number of thioether (sulfide) groups is 1. The number of hydrogen-bond acceptors (Lipinski definition) is 5. The first-order valence-corrected chi connectivity index (χ1v) is 9.29. The van der Waals surface area contributed by atoms with Gasteiger partial charge in [-0.15, -0.1) is 0 Å². The number of anilines is 1. The number of carbonyl (C=O) groups is 2. The number of halogens is 1. The highest BCUT2D eigenvalue weighted by Crippen LogP contribution is 2.37. The molecule has 0 aliphatic carbocycles. The third-order valence-corrected chi connectivity index (χ3v) is 5.28. The van der Waals surface area contributed by atoms with Crippen molar-refractivity contribution in [1.82, 2.24) is 4.90 Å². The summed E-state index contributed by atoms with van der Waals surface area (Å²) in [5.41, 5.74) is 0.540. The maximum absolute atomic E-state index is 13.2. The zero-order chi connectivity index (χ0) is 19.6. The minimum atomic E-state index is -0.526. The van der Waals surface area contributed by atoms with Crippen molar-refractivity contribution in [2.45, 2.75) is 18.9 Å². The van der Waals surface area contributed by atoms with E-state index in [-0.39, 0.29) is 16.3 Å². The number of benzene rings is 1. The van der Waals surface area contributed by atoms with Crippen LogP contribution < -0.4 is 9.63 Å². The summed E-state index contributed by atoms with van der Waals surface area (Å²) < 4.78 is 13.9. The van der Waals surface area contributed by atoms with Crippen LogP contribution in [0, 0.1) is 11.0 Å². The van der Waals surface area contributed by atoms with Crippen molar-refractivity contribution in [1.29, 1.82) is 0 Å². The Kier molecular flexibility index (Phi) is 5.46. The van der Waals surface area contributed by atoms with Crippen LogP contribution in [0.3, 0.4) is 0 Å². The van der Waals surface area contributed by atoms with E-state index in [0.29, 0.717) is 22.8 Å². The molecule has 1 aromatic heterocycles. The van der Waals surface area contributed by atoms with Crippen LogP contribution in [0.2, 0.25) is 0 Å². The van der Waals surface area contributed by atoms with Crippen LogP contribution in [0.5, 0.6) is 0 Å². The zero-order valence-electron chi connectivity index (χ0n) is 14.9. The third-order valence-electron chi connectivity index (χ3n) is 4.18. The summed E-state index contributed by atoms with van der Waals surface area (Å²) in [6.07, 6.45) is 1.33. The molecule has 0 fully saturated rings. The van der Waals surface area contributed by atoms with Crippen LogP contribution >= 0.6 is 11.8 Å². The van der Waals surface area contributed by atoms with Gasteiger partial charge in [-0.3, -0.25) is 9.59 Å². The van der Waals surface area contributed by atoms with Crippen LogP contribution in [0.1, 0.15) is 13.8 Å². The number of hydrogen-bond donors (Lipinski definition) is 0. The fraction of sp³-hybridized carbons (Fsp3) is 0.211. The van der Waals surface area contributed by atoms with Crippen LogP contribution in [0.15, 0.2) is 64.3 Å². The minimum Gasteiger partial charge on any atom is -0.618 e. The molecule has 1 aliphatic heterocycles. The molecule has 0 saturated carbocycles. The van der Waals surface area contributed by atoms with Crippen molar-refractivity contribution in [3.8, 4) is 0 Å².